The molecule has 4 heteroatoms. The highest BCUT2D eigenvalue weighted by Crippen LogP contribution is 2.48. The normalized spacial score (nSPS) is 35.1. The van der Waals surface area contributed by atoms with Crippen molar-refractivity contribution in [2.75, 3.05) is 13.7 Å². The van der Waals surface area contributed by atoms with Crippen molar-refractivity contribution in [2.45, 2.75) is 56.8 Å². The Morgan fingerprint density at radius 1 is 1.43 bits per heavy atom. The summed E-state index contributed by atoms with van der Waals surface area (Å²) in [5.74, 6) is 1.52. The van der Waals surface area contributed by atoms with E-state index in [-0.39, 0.29) is 11.2 Å². The lowest BCUT2D eigenvalue weighted by atomic mass is 9.76. The van der Waals surface area contributed by atoms with Gasteiger partial charge in [0, 0.05) is 24.8 Å². The second-order valence-electron chi connectivity index (χ2n) is 6.49. The lowest BCUT2D eigenvalue weighted by Crippen LogP contribution is -2.52. The highest BCUT2D eigenvalue weighted by atomic mass is 16.5. The summed E-state index contributed by atoms with van der Waals surface area (Å²) in [6, 6.07) is 5.64. The number of aliphatic hydroxyl groups excluding tert-OH is 1. The maximum absolute atomic E-state index is 10.6. The van der Waals surface area contributed by atoms with Crippen molar-refractivity contribution < 1.29 is 19.3 Å². The Bertz CT molecular complexity index is 530. The molecule has 3 unspecified atom stereocenters. The number of rotatable bonds is 2. The van der Waals surface area contributed by atoms with Crippen LogP contribution in [-0.4, -0.2) is 30.0 Å². The summed E-state index contributed by atoms with van der Waals surface area (Å²) in [6.07, 6.45) is 2.70. The number of ether oxygens (including phenoxy) is 3. The number of hydrogen-bond acceptors (Lipinski definition) is 4. The quantitative estimate of drug-likeness (QED) is 0.909. The summed E-state index contributed by atoms with van der Waals surface area (Å²) in [5, 5.41) is 10.6. The van der Waals surface area contributed by atoms with Gasteiger partial charge in [-0.05, 0) is 31.5 Å². The van der Waals surface area contributed by atoms with E-state index < -0.39 is 6.10 Å². The Labute approximate surface area is 126 Å². The molecule has 2 aliphatic rings. The zero-order valence-corrected chi connectivity index (χ0v) is 13.0. The van der Waals surface area contributed by atoms with Crippen molar-refractivity contribution in [3.05, 3.63) is 23.8 Å². The van der Waals surface area contributed by atoms with E-state index in [1.165, 1.54) is 0 Å². The Kier molecular flexibility index (Phi) is 3.62. The van der Waals surface area contributed by atoms with E-state index >= 15 is 0 Å². The second kappa shape index (κ2) is 5.18. The first-order valence-electron chi connectivity index (χ1n) is 7.68. The lowest BCUT2D eigenvalue weighted by Gasteiger charge is -2.49. The van der Waals surface area contributed by atoms with Gasteiger partial charge in [-0.2, -0.15) is 0 Å². The van der Waals surface area contributed by atoms with Gasteiger partial charge >= 0.3 is 0 Å². The number of aliphatic hydroxyl groups is 1. The Morgan fingerprint density at radius 2 is 2.24 bits per heavy atom. The van der Waals surface area contributed by atoms with E-state index in [0.29, 0.717) is 13.0 Å². The van der Waals surface area contributed by atoms with E-state index in [2.05, 4.69) is 13.8 Å². The fraction of sp³-hybridized carbons (Fsp3) is 0.647. The third kappa shape index (κ3) is 2.62. The zero-order valence-electron chi connectivity index (χ0n) is 13.0. The van der Waals surface area contributed by atoms with Crippen molar-refractivity contribution in [3.8, 4) is 11.5 Å². The molecule has 3 rings (SSSR count). The molecule has 0 saturated carbocycles. The maximum Gasteiger partial charge on any atom is 0.126 e. The minimum absolute atomic E-state index is 0.165. The molecular formula is C17H24O4. The largest absolute Gasteiger partial charge is 0.497 e. The van der Waals surface area contributed by atoms with Gasteiger partial charge < -0.3 is 19.3 Å². The van der Waals surface area contributed by atoms with Crippen LogP contribution in [0.15, 0.2) is 18.2 Å². The van der Waals surface area contributed by atoms with Gasteiger partial charge in [-0.25, -0.2) is 0 Å². The van der Waals surface area contributed by atoms with Gasteiger partial charge in [-0.15, -0.1) is 0 Å². The van der Waals surface area contributed by atoms with Gasteiger partial charge in [0.2, 0.25) is 0 Å². The summed E-state index contributed by atoms with van der Waals surface area (Å²) < 4.78 is 17.5. The van der Waals surface area contributed by atoms with E-state index in [1.807, 2.05) is 18.2 Å². The van der Waals surface area contributed by atoms with Crippen LogP contribution in [0.5, 0.6) is 11.5 Å². The van der Waals surface area contributed by atoms with E-state index in [9.17, 15) is 5.11 Å². The van der Waals surface area contributed by atoms with Crippen LogP contribution in [0.3, 0.4) is 0 Å². The average Bonchev–Trinajstić information content (AvgIpc) is 2.47. The molecule has 1 saturated heterocycles. The number of methoxy groups -OCH3 is 1. The smallest absolute Gasteiger partial charge is 0.126 e. The molecule has 3 atom stereocenters. The van der Waals surface area contributed by atoms with Crippen molar-refractivity contribution in [2.24, 2.45) is 0 Å². The standard InChI is InChI=1S/C17H24O4/c1-4-16(2)11-17(7-8-20-16)10-14(18)13-9-12(19-3)5-6-15(13)21-17/h5-6,9,14,18H,4,7-8,10-11H2,1-3H3. The Balaban J connectivity index is 1.91. The SMILES string of the molecule is CCC1(C)CC2(CCO1)CC(O)c1cc(OC)ccc1O2. The van der Waals surface area contributed by atoms with Gasteiger partial charge in [0.25, 0.3) is 0 Å². The van der Waals surface area contributed by atoms with Crippen molar-refractivity contribution in [1.29, 1.82) is 0 Å². The molecule has 1 aromatic rings. The number of fused-ring (bicyclic) bond motifs is 1. The monoisotopic (exact) mass is 292 g/mol. The summed E-state index contributed by atoms with van der Waals surface area (Å²) in [5.41, 5.74) is 0.344. The fourth-order valence-electron chi connectivity index (χ4n) is 3.54. The highest BCUT2D eigenvalue weighted by molar-refractivity contribution is 5.43. The molecule has 1 N–H and O–H groups in total. The molecule has 2 heterocycles. The molecule has 0 aromatic heterocycles. The predicted octanol–water partition coefficient (Wildman–Crippen LogP) is 3.23. The molecule has 0 aliphatic carbocycles. The molecule has 0 amide bonds. The van der Waals surface area contributed by atoms with E-state index in [4.69, 9.17) is 14.2 Å². The molecule has 1 fully saturated rings. The summed E-state index contributed by atoms with van der Waals surface area (Å²) >= 11 is 0. The minimum atomic E-state index is -0.511. The maximum atomic E-state index is 10.6. The first-order valence-corrected chi connectivity index (χ1v) is 7.68. The number of hydrogen-bond donors (Lipinski definition) is 1. The zero-order chi connectivity index (χ0) is 15.1. The Hall–Kier alpha value is -1.26. The molecule has 2 aliphatic heterocycles. The third-order valence-corrected chi connectivity index (χ3v) is 4.92. The number of benzene rings is 1. The van der Waals surface area contributed by atoms with Gasteiger partial charge in [0.05, 0.1) is 25.4 Å². The summed E-state index contributed by atoms with van der Waals surface area (Å²) in [7, 11) is 1.63. The summed E-state index contributed by atoms with van der Waals surface area (Å²) in [4.78, 5) is 0. The van der Waals surface area contributed by atoms with Gasteiger partial charge in [0.15, 0.2) is 0 Å². The van der Waals surface area contributed by atoms with Gasteiger partial charge in [-0.3, -0.25) is 0 Å². The van der Waals surface area contributed by atoms with Crippen LogP contribution in [0.4, 0.5) is 0 Å². The van der Waals surface area contributed by atoms with Crippen LogP contribution in [0.1, 0.15) is 51.2 Å². The fourth-order valence-corrected chi connectivity index (χ4v) is 3.54. The van der Waals surface area contributed by atoms with Crippen molar-refractivity contribution in [3.63, 3.8) is 0 Å². The molecule has 0 bridgehead atoms. The van der Waals surface area contributed by atoms with Gasteiger partial charge in [0.1, 0.15) is 17.1 Å². The molecule has 1 aromatic carbocycles. The Morgan fingerprint density at radius 3 is 2.95 bits per heavy atom. The summed E-state index contributed by atoms with van der Waals surface area (Å²) in [6.45, 7) is 4.95. The molecule has 21 heavy (non-hydrogen) atoms. The molecule has 116 valence electrons. The lowest BCUT2D eigenvalue weighted by molar-refractivity contribution is -0.160. The average molecular weight is 292 g/mol. The third-order valence-electron chi connectivity index (χ3n) is 4.92. The molecule has 4 nitrogen and oxygen atoms in total. The minimum Gasteiger partial charge on any atom is -0.497 e. The predicted molar refractivity (Wildman–Crippen MR) is 79.8 cm³/mol. The van der Waals surface area contributed by atoms with E-state index in [1.54, 1.807) is 7.11 Å². The van der Waals surface area contributed by atoms with E-state index in [0.717, 1.165) is 36.3 Å². The van der Waals surface area contributed by atoms with Crippen LogP contribution < -0.4 is 9.47 Å². The van der Waals surface area contributed by atoms with Crippen LogP contribution in [0, 0.1) is 0 Å². The van der Waals surface area contributed by atoms with Crippen LogP contribution in [0.2, 0.25) is 0 Å². The molecule has 1 spiro atoms. The van der Waals surface area contributed by atoms with Crippen LogP contribution in [0.25, 0.3) is 0 Å². The highest BCUT2D eigenvalue weighted by Gasteiger charge is 2.48. The topological polar surface area (TPSA) is 47.9 Å². The van der Waals surface area contributed by atoms with Crippen LogP contribution in [-0.2, 0) is 4.74 Å². The first kappa shape index (κ1) is 14.7. The van der Waals surface area contributed by atoms with Crippen molar-refractivity contribution >= 4 is 0 Å². The van der Waals surface area contributed by atoms with Crippen molar-refractivity contribution in [1.82, 2.24) is 0 Å². The molecule has 0 radical (unpaired) electrons. The first-order chi connectivity index (χ1) is 9.99. The molecular weight excluding hydrogens is 268 g/mol. The van der Waals surface area contributed by atoms with Crippen LogP contribution >= 0.6 is 0 Å². The van der Waals surface area contributed by atoms with Gasteiger partial charge in [-0.1, -0.05) is 6.92 Å². The second-order valence-corrected chi connectivity index (χ2v) is 6.49.